The van der Waals surface area contributed by atoms with Gasteiger partial charge in [0.25, 0.3) is 0 Å². The predicted octanol–water partition coefficient (Wildman–Crippen LogP) is -0.362. The zero-order valence-electron chi connectivity index (χ0n) is 5.65. The second kappa shape index (κ2) is 5.99. The van der Waals surface area contributed by atoms with E-state index in [0.29, 0.717) is 0 Å². The molecule has 10 nitrogen and oxygen atoms in total. The van der Waals surface area contributed by atoms with Crippen LogP contribution in [0.2, 0.25) is 0 Å². The fourth-order valence-electron chi connectivity index (χ4n) is 0.0713. The lowest BCUT2D eigenvalue weighted by Gasteiger charge is -1.89. The van der Waals surface area contributed by atoms with E-state index in [1.54, 1.807) is 0 Å². The molecule has 0 aliphatic rings. The number of carbonyl (C=O) groups is 2. The van der Waals surface area contributed by atoms with E-state index in [4.69, 9.17) is 27.7 Å². The Balaban J connectivity index is 0. The van der Waals surface area contributed by atoms with Crippen molar-refractivity contribution in [2.45, 2.75) is 0 Å². The third kappa shape index (κ3) is 63.3. The lowest BCUT2D eigenvalue weighted by molar-refractivity contribution is -0.208. The minimum atomic E-state index is -4.67. The molecule has 0 aliphatic heterocycles. The van der Waals surface area contributed by atoms with Gasteiger partial charge in [0.1, 0.15) is 0 Å². The fourth-order valence-corrected chi connectivity index (χ4v) is 0.0713. The molecule has 0 bridgehead atoms. The molecule has 78 valence electrons. The van der Waals surface area contributed by atoms with Gasteiger partial charge in [-0.1, -0.05) is 0 Å². The zero-order chi connectivity index (χ0) is 11.1. The van der Waals surface area contributed by atoms with Gasteiger partial charge in [-0.05, 0) is 0 Å². The lowest BCUT2D eigenvalue weighted by Crippen LogP contribution is -2.05. The highest BCUT2D eigenvalue weighted by Crippen LogP contribution is 1.78. The lowest BCUT2D eigenvalue weighted by atomic mass is 11.4. The van der Waals surface area contributed by atoms with Crippen LogP contribution < -0.4 is 0 Å². The molecule has 0 radical (unpaired) electrons. The van der Waals surface area contributed by atoms with E-state index < -0.39 is 22.7 Å². The van der Waals surface area contributed by atoms with E-state index >= 15 is 0 Å². The van der Waals surface area contributed by atoms with Crippen LogP contribution in [0.15, 0.2) is 0 Å². The summed E-state index contributed by atoms with van der Waals surface area (Å²) in [6.45, 7) is 0. The second-order valence-corrected chi connectivity index (χ2v) is 2.04. The van der Waals surface area contributed by atoms with Crippen LogP contribution in [0.1, 0.15) is 0 Å². The molecule has 0 aromatic rings. The summed E-state index contributed by atoms with van der Waals surface area (Å²) in [6.07, 6.45) is -3.60. The molecule has 0 unspecified atom stereocenters. The summed E-state index contributed by atoms with van der Waals surface area (Å²) in [6, 6.07) is 0. The quantitative estimate of drug-likeness (QED) is 0.240. The van der Waals surface area contributed by atoms with Crippen molar-refractivity contribution in [3.05, 3.63) is 0 Å². The Bertz CT molecular complexity index is 239. The summed E-state index contributed by atoms with van der Waals surface area (Å²) >= 11 is 0. The van der Waals surface area contributed by atoms with E-state index in [1.165, 1.54) is 0 Å². The van der Waals surface area contributed by atoms with E-state index in [-0.39, 0.29) is 0 Å². The summed E-state index contributed by atoms with van der Waals surface area (Å²) in [4.78, 5) is 24.8. The molecule has 0 aliphatic carbocycles. The highest BCUT2D eigenvalue weighted by molar-refractivity contribution is 7.79. The maximum atomic E-state index is 9.29. The molecule has 4 N–H and O–H groups in total. The van der Waals surface area contributed by atoms with Crippen molar-refractivity contribution in [2.75, 3.05) is 0 Å². The molecule has 0 saturated heterocycles. The van der Waals surface area contributed by atoms with Gasteiger partial charge in [0.05, 0.1) is 0 Å². The van der Waals surface area contributed by atoms with Crippen molar-refractivity contribution < 1.29 is 47.1 Å². The molecule has 0 heterocycles. The Morgan fingerprint density at radius 1 is 0.923 bits per heavy atom. The van der Waals surface area contributed by atoms with Crippen LogP contribution in [0, 0.1) is 0 Å². The Labute approximate surface area is 70.8 Å². The average Bonchev–Trinajstić information content (AvgIpc) is 1.79. The van der Waals surface area contributed by atoms with Gasteiger partial charge in [-0.25, -0.2) is 19.4 Å². The smallest absolute Gasteiger partial charge is 0.447 e. The van der Waals surface area contributed by atoms with Crippen LogP contribution in [0.5, 0.6) is 0 Å². The van der Waals surface area contributed by atoms with Crippen molar-refractivity contribution >= 4 is 22.7 Å². The third-order valence-electron chi connectivity index (χ3n) is 0.184. The van der Waals surface area contributed by atoms with E-state index in [2.05, 4.69) is 9.78 Å². The molecular weight excluding hydrogens is 216 g/mol. The van der Waals surface area contributed by atoms with Gasteiger partial charge in [0, 0.05) is 0 Å². The van der Waals surface area contributed by atoms with Crippen LogP contribution in [0.3, 0.4) is 0 Å². The fraction of sp³-hybridized carbons (Fsp3) is 0. The van der Waals surface area contributed by atoms with E-state index in [0.717, 1.165) is 0 Å². The van der Waals surface area contributed by atoms with Crippen LogP contribution in [0.4, 0.5) is 9.59 Å². The van der Waals surface area contributed by atoms with Crippen molar-refractivity contribution in [3.8, 4) is 0 Å². The van der Waals surface area contributed by atoms with Gasteiger partial charge in [0.15, 0.2) is 0 Å². The highest BCUT2D eigenvalue weighted by atomic mass is 32.3. The summed E-state index contributed by atoms with van der Waals surface area (Å²) in [5.41, 5.74) is 0. The molecular formula is C2H4O10S. The van der Waals surface area contributed by atoms with Crippen LogP contribution >= 0.6 is 0 Å². The first-order valence-electron chi connectivity index (χ1n) is 2.13. The van der Waals surface area contributed by atoms with Crippen LogP contribution in [0.25, 0.3) is 0 Å². The Morgan fingerprint density at radius 3 is 1.15 bits per heavy atom. The monoisotopic (exact) mass is 220 g/mol. The molecule has 13 heavy (non-hydrogen) atoms. The van der Waals surface area contributed by atoms with E-state index in [1.807, 2.05) is 0 Å². The number of carboxylic acid groups (broad SMARTS) is 2. The molecule has 0 aromatic heterocycles. The van der Waals surface area contributed by atoms with Crippen molar-refractivity contribution in [1.29, 1.82) is 0 Å². The van der Waals surface area contributed by atoms with Gasteiger partial charge >= 0.3 is 22.7 Å². The largest absolute Gasteiger partial charge is 0.547 e. The minimum Gasteiger partial charge on any atom is -0.447 e. The number of hydrogen-bond donors (Lipinski definition) is 4. The predicted molar refractivity (Wildman–Crippen MR) is 32.4 cm³/mol. The van der Waals surface area contributed by atoms with Gasteiger partial charge in [0.2, 0.25) is 0 Å². The maximum absolute atomic E-state index is 9.29. The summed E-state index contributed by atoms with van der Waals surface area (Å²) in [7, 11) is -4.67. The summed E-state index contributed by atoms with van der Waals surface area (Å²) < 4.78 is 31.6. The van der Waals surface area contributed by atoms with Crippen molar-refractivity contribution in [3.63, 3.8) is 0 Å². The zero-order valence-corrected chi connectivity index (χ0v) is 6.46. The first kappa shape index (κ1) is 14.0. The molecule has 0 rings (SSSR count). The van der Waals surface area contributed by atoms with Gasteiger partial charge in [-0.2, -0.15) is 8.42 Å². The number of hydrogen-bond acceptors (Lipinski definition) is 6. The van der Waals surface area contributed by atoms with Crippen molar-refractivity contribution in [2.24, 2.45) is 0 Å². The average molecular weight is 220 g/mol. The van der Waals surface area contributed by atoms with E-state index in [9.17, 15) is 9.59 Å². The summed E-state index contributed by atoms with van der Waals surface area (Å²) in [5.74, 6) is 0. The molecule has 0 amide bonds. The minimum absolute atomic E-state index is 1.80. The molecule has 0 fully saturated rings. The Hall–Kier alpha value is -1.59. The summed E-state index contributed by atoms with van der Waals surface area (Å²) in [5, 5.41) is 15.1. The molecule has 0 aromatic carbocycles. The normalized spacial score (nSPS) is 9.08. The molecule has 0 spiro atoms. The first-order valence-corrected chi connectivity index (χ1v) is 3.53. The standard InChI is InChI=1S/C2H2O6.H2O4S/c3-1(4)7-8-2(5)6;1-5(2,3)4/h(H,3,4)(H,5,6);(H2,1,2,3,4). The van der Waals surface area contributed by atoms with Gasteiger partial charge < -0.3 is 10.2 Å². The van der Waals surface area contributed by atoms with Gasteiger partial charge in [-0.3, -0.25) is 9.11 Å². The van der Waals surface area contributed by atoms with Crippen molar-refractivity contribution in [1.82, 2.24) is 0 Å². The molecule has 0 atom stereocenters. The number of rotatable bonds is 0. The third-order valence-corrected chi connectivity index (χ3v) is 0.184. The second-order valence-electron chi connectivity index (χ2n) is 1.15. The van der Waals surface area contributed by atoms with Crippen LogP contribution in [-0.2, 0) is 20.2 Å². The highest BCUT2D eigenvalue weighted by Gasteiger charge is 2.01. The van der Waals surface area contributed by atoms with Crippen LogP contribution in [-0.4, -0.2) is 40.0 Å². The molecule has 11 heteroatoms. The first-order chi connectivity index (χ1) is 5.63. The Kier molecular flexibility index (Phi) is 6.43. The maximum Gasteiger partial charge on any atom is 0.547 e. The SMILES string of the molecule is O=C(O)OOC(=O)O.O=S(=O)(O)O. The van der Waals surface area contributed by atoms with Gasteiger partial charge in [-0.15, -0.1) is 0 Å². The Morgan fingerprint density at radius 2 is 1.08 bits per heavy atom. The molecule has 0 saturated carbocycles. The topological polar surface area (TPSA) is 168 Å².